The van der Waals surface area contributed by atoms with E-state index in [9.17, 15) is 13.2 Å². The molecular formula is C21H21NO6S. The first-order valence-corrected chi connectivity index (χ1v) is 10.9. The third-order valence-electron chi connectivity index (χ3n) is 4.90. The summed E-state index contributed by atoms with van der Waals surface area (Å²) in [6.45, 7) is 0.586. The number of sulfone groups is 1. The second-order valence-corrected chi connectivity index (χ2v) is 9.10. The predicted molar refractivity (Wildman–Crippen MR) is 110 cm³/mol. The number of hydrogen-bond donors (Lipinski definition) is 0. The van der Waals surface area contributed by atoms with Crippen molar-refractivity contribution < 1.29 is 22.6 Å². The summed E-state index contributed by atoms with van der Waals surface area (Å²) in [5.41, 5.74) is 1.11. The molecule has 2 heterocycles. The predicted octanol–water partition coefficient (Wildman–Crippen LogP) is 2.40. The number of benzene rings is 2. The monoisotopic (exact) mass is 415 g/mol. The number of methoxy groups -OCH3 is 1. The molecule has 4 rings (SSSR count). The Hall–Kier alpha value is -2.84. The topological polar surface area (TPSA) is 83.8 Å². The maximum atomic E-state index is 12.6. The number of nitrogens with zero attached hydrogens (tertiary/aromatic N) is 1. The van der Waals surface area contributed by atoms with E-state index in [1.807, 2.05) is 12.1 Å². The molecule has 0 bridgehead atoms. The Kier molecular flexibility index (Phi) is 4.84. The van der Waals surface area contributed by atoms with E-state index in [1.165, 1.54) is 10.6 Å². The maximum absolute atomic E-state index is 12.6. The molecule has 1 unspecified atom stereocenters. The smallest absolute Gasteiger partial charge is 0.258 e. The summed E-state index contributed by atoms with van der Waals surface area (Å²) in [4.78, 5) is 12.7. The highest BCUT2D eigenvalue weighted by atomic mass is 32.2. The molecule has 1 aliphatic heterocycles. The fourth-order valence-corrected chi connectivity index (χ4v) is 4.16. The number of fused-ring (bicyclic) bond motifs is 2. The number of hydrogen-bond acceptors (Lipinski definition) is 6. The summed E-state index contributed by atoms with van der Waals surface area (Å²) in [7, 11) is -0.252. The van der Waals surface area contributed by atoms with Gasteiger partial charge < -0.3 is 18.8 Å². The van der Waals surface area contributed by atoms with Gasteiger partial charge in [-0.25, -0.2) is 8.42 Å². The fourth-order valence-electron chi connectivity index (χ4n) is 3.50. The maximum Gasteiger partial charge on any atom is 0.258 e. The first kappa shape index (κ1) is 19.5. The van der Waals surface area contributed by atoms with Crippen LogP contribution in [-0.2, 0) is 21.6 Å². The molecule has 0 N–H and O–H groups in total. The minimum Gasteiger partial charge on any atom is -0.486 e. The van der Waals surface area contributed by atoms with E-state index in [0.29, 0.717) is 40.0 Å². The Balaban J connectivity index is 2.05. The van der Waals surface area contributed by atoms with E-state index >= 15 is 0 Å². The van der Waals surface area contributed by atoms with Crippen molar-refractivity contribution >= 4 is 20.6 Å². The number of rotatable bonds is 4. The van der Waals surface area contributed by atoms with Crippen LogP contribution in [0.1, 0.15) is 0 Å². The van der Waals surface area contributed by atoms with Crippen LogP contribution in [0.5, 0.6) is 11.5 Å². The van der Waals surface area contributed by atoms with Crippen molar-refractivity contribution in [1.29, 1.82) is 0 Å². The van der Waals surface area contributed by atoms with Gasteiger partial charge in [-0.05, 0) is 17.5 Å². The fraction of sp³-hybridized carbons (Fsp3) is 0.286. The molecule has 1 aliphatic rings. The molecule has 1 atom stereocenters. The quantitative estimate of drug-likeness (QED) is 0.651. The van der Waals surface area contributed by atoms with Crippen LogP contribution in [0, 0.1) is 0 Å². The largest absolute Gasteiger partial charge is 0.486 e. The van der Waals surface area contributed by atoms with E-state index in [-0.39, 0.29) is 23.2 Å². The lowest BCUT2D eigenvalue weighted by Gasteiger charge is -2.28. The Morgan fingerprint density at radius 2 is 1.90 bits per heavy atom. The lowest BCUT2D eigenvalue weighted by atomic mass is 9.99. The van der Waals surface area contributed by atoms with Gasteiger partial charge >= 0.3 is 0 Å². The van der Waals surface area contributed by atoms with Crippen LogP contribution in [0.3, 0.4) is 0 Å². The molecule has 29 heavy (non-hydrogen) atoms. The van der Waals surface area contributed by atoms with Gasteiger partial charge in [0.25, 0.3) is 5.56 Å². The zero-order chi connectivity index (χ0) is 20.8. The van der Waals surface area contributed by atoms with Crippen LogP contribution in [0.2, 0.25) is 0 Å². The molecule has 0 saturated heterocycles. The highest BCUT2D eigenvalue weighted by Crippen LogP contribution is 2.44. The van der Waals surface area contributed by atoms with Crippen molar-refractivity contribution in [2.75, 3.05) is 26.6 Å². The zero-order valence-electron chi connectivity index (χ0n) is 16.3. The van der Waals surface area contributed by atoms with Gasteiger partial charge in [0.1, 0.15) is 6.61 Å². The van der Waals surface area contributed by atoms with E-state index in [1.54, 1.807) is 38.6 Å². The Labute approximate surface area is 168 Å². The van der Waals surface area contributed by atoms with Gasteiger partial charge in [-0.1, -0.05) is 18.2 Å². The summed E-state index contributed by atoms with van der Waals surface area (Å²) < 4.78 is 43.1. The molecule has 2 aromatic carbocycles. The molecule has 3 aromatic rings. The van der Waals surface area contributed by atoms with Crippen LogP contribution in [-0.4, -0.2) is 45.7 Å². The van der Waals surface area contributed by atoms with Crippen LogP contribution in [0.25, 0.3) is 21.9 Å². The summed E-state index contributed by atoms with van der Waals surface area (Å²) >= 11 is 0. The standard InChI is InChI=1S/C21H21NO6S/c1-22-10-18(15-6-4-5-7-16(15)21(22)23)17-8-14(29(3,24)25)9-19-20(17)28-13(11-26-2)12-27-19/h4-10,13H,11-12H2,1-3H3. The van der Waals surface area contributed by atoms with Gasteiger partial charge in [-0.2, -0.15) is 0 Å². The molecule has 152 valence electrons. The van der Waals surface area contributed by atoms with E-state index in [0.717, 1.165) is 6.26 Å². The van der Waals surface area contributed by atoms with Crippen LogP contribution in [0.4, 0.5) is 0 Å². The highest BCUT2D eigenvalue weighted by Gasteiger charge is 2.28. The minimum atomic E-state index is -3.49. The lowest BCUT2D eigenvalue weighted by molar-refractivity contribution is 0.0275. The van der Waals surface area contributed by atoms with Gasteiger partial charge in [0.05, 0.1) is 11.5 Å². The van der Waals surface area contributed by atoms with Crippen molar-refractivity contribution in [3.05, 3.63) is 52.9 Å². The SMILES string of the molecule is COCC1COc2cc(S(C)(=O)=O)cc(-c3cn(C)c(=O)c4ccccc34)c2O1. The summed E-state index contributed by atoms with van der Waals surface area (Å²) in [5.74, 6) is 0.794. The van der Waals surface area contributed by atoms with Crippen LogP contribution < -0.4 is 15.0 Å². The highest BCUT2D eigenvalue weighted by molar-refractivity contribution is 7.90. The number of aromatic nitrogens is 1. The first-order valence-electron chi connectivity index (χ1n) is 9.05. The third-order valence-corrected chi connectivity index (χ3v) is 5.99. The van der Waals surface area contributed by atoms with E-state index in [4.69, 9.17) is 14.2 Å². The summed E-state index contributed by atoms with van der Waals surface area (Å²) in [6.07, 6.45) is 2.51. The number of aryl methyl sites for hydroxylation is 1. The molecule has 0 spiro atoms. The van der Waals surface area contributed by atoms with Gasteiger partial charge in [0.2, 0.25) is 0 Å². The lowest BCUT2D eigenvalue weighted by Crippen LogP contribution is -2.33. The molecular weight excluding hydrogens is 394 g/mol. The second-order valence-electron chi connectivity index (χ2n) is 7.08. The summed E-state index contributed by atoms with van der Waals surface area (Å²) in [5, 5.41) is 1.25. The number of pyridine rings is 1. The van der Waals surface area contributed by atoms with Crippen molar-refractivity contribution in [3.63, 3.8) is 0 Å². The normalized spacial score (nSPS) is 16.2. The van der Waals surface area contributed by atoms with Crippen molar-refractivity contribution in [2.45, 2.75) is 11.0 Å². The molecule has 0 radical (unpaired) electrons. The molecule has 0 aliphatic carbocycles. The van der Waals surface area contributed by atoms with Gasteiger partial charge in [-0.3, -0.25) is 4.79 Å². The van der Waals surface area contributed by atoms with Gasteiger partial charge in [-0.15, -0.1) is 0 Å². The Bertz CT molecular complexity index is 1260. The average Bonchev–Trinajstić information content (AvgIpc) is 2.69. The minimum absolute atomic E-state index is 0.123. The molecule has 7 nitrogen and oxygen atoms in total. The first-order chi connectivity index (χ1) is 13.8. The van der Waals surface area contributed by atoms with Crippen LogP contribution in [0.15, 0.2) is 52.3 Å². The van der Waals surface area contributed by atoms with Crippen LogP contribution >= 0.6 is 0 Å². The molecule has 0 saturated carbocycles. The van der Waals surface area contributed by atoms with Gasteiger partial charge in [0, 0.05) is 49.2 Å². The Morgan fingerprint density at radius 1 is 1.17 bits per heavy atom. The molecule has 0 amide bonds. The zero-order valence-corrected chi connectivity index (χ0v) is 17.2. The summed E-state index contributed by atoms with van der Waals surface area (Å²) in [6, 6.07) is 10.3. The molecule has 1 aromatic heterocycles. The second kappa shape index (κ2) is 7.20. The molecule has 8 heteroatoms. The van der Waals surface area contributed by atoms with Gasteiger partial charge in [0.15, 0.2) is 27.4 Å². The van der Waals surface area contributed by atoms with E-state index in [2.05, 4.69) is 0 Å². The van der Waals surface area contributed by atoms with E-state index < -0.39 is 9.84 Å². The Morgan fingerprint density at radius 3 is 2.59 bits per heavy atom. The number of ether oxygens (including phenoxy) is 3. The molecule has 0 fully saturated rings. The average molecular weight is 415 g/mol. The van der Waals surface area contributed by atoms with Crippen molar-refractivity contribution in [1.82, 2.24) is 4.57 Å². The van der Waals surface area contributed by atoms with Crippen molar-refractivity contribution in [2.24, 2.45) is 7.05 Å². The van der Waals surface area contributed by atoms with Crippen molar-refractivity contribution in [3.8, 4) is 22.6 Å². The third kappa shape index (κ3) is 3.49.